The van der Waals surface area contributed by atoms with Crippen molar-refractivity contribution in [2.45, 2.75) is 13.8 Å². The molecule has 0 radical (unpaired) electrons. The number of carbonyl (C=O) groups is 1. The Hall–Kier alpha value is -1.51. The Labute approximate surface area is 122 Å². The maximum atomic E-state index is 12.2. The van der Waals surface area contributed by atoms with Crippen molar-refractivity contribution in [3.8, 4) is 0 Å². The smallest absolute Gasteiger partial charge is 0.255 e. The zero-order valence-electron chi connectivity index (χ0n) is 10.6. The predicted molar refractivity (Wildman–Crippen MR) is 80.3 cm³/mol. The minimum atomic E-state index is -0.189. The summed E-state index contributed by atoms with van der Waals surface area (Å²) in [6, 6.07) is 10.8. The van der Waals surface area contributed by atoms with Crippen molar-refractivity contribution in [3.05, 3.63) is 63.1 Å². The summed E-state index contributed by atoms with van der Waals surface area (Å²) in [7, 11) is 0. The SMILES string of the molecule is Cc1cccc(C(=O)Nc2cccc(Cl)c2Cl)c1C. The molecule has 0 spiro atoms. The third kappa shape index (κ3) is 2.91. The lowest BCUT2D eigenvalue weighted by atomic mass is 10.0. The Morgan fingerprint density at radius 2 is 1.74 bits per heavy atom. The topological polar surface area (TPSA) is 29.1 Å². The standard InChI is InChI=1S/C15H13Cl2NO/c1-9-5-3-6-11(10(9)2)15(19)18-13-8-4-7-12(16)14(13)17/h3-8H,1-2H3,(H,18,19). The summed E-state index contributed by atoms with van der Waals surface area (Å²) in [4.78, 5) is 12.2. The molecule has 0 fully saturated rings. The van der Waals surface area contributed by atoms with Crippen LogP contribution in [0.25, 0.3) is 0 Å². The number of carbonyl (C=O) groups excluding carboxylic acids is 1. The van der Waals surface area contributed by atoms with Gasteiger partial charge in [0.2, 0.25) is 0 Å². The Balaban J connectivity index is 2.31. The van der Waals surface area contributed by atoms with Crippen LogP contribution in [0.2, 0.25) is 10.0 Å². The zero-order chi connectivity index (χ0) is 14.0. The number of hydrogen-bond donors (Lipinski definition) is 1. The minimum Gasteiger partial charge on any atom is -0.321 e. The van der Waals surface area contributed by atoms with Crippen molar-refractivity contribution in [1.82, 2.24) is 0 Å². The highest BCUT2D eigenvalue weighted by Crippen LogP contribution is 2.30. The molecule has 0 unspecified atom stereocenters. The Morgan fingerprint density at radius 1 is 1.05 bits per heavy atom. The Morgan fingerprint density at radius 3 is 2.47 bits per heavy atom. The van der Waals surface area contributed by atoms with Crippen LogP contribution in [0.15, 0.2) is 36.4 Å². The molecule has 2 aromatic carbocycles. The highest BCUT2D eigenvalue weighted by Gasteiger charge is 2.12. The van der Waals surface area contributed by atoms with E-state index >= 15 is 0 Å². The number of benzene rings is 2. The number of hydrogen-bond acceptors (Lipinski definition) is 1. The molecule has 2 nitrogen and oxygen atoms in total. The van der Waals surface area contributed by atoms with Crippen LogP contribution in [-0.4, -0.2) is 5.91 Å². The van der Waals surface area contributed by atoms with Gasteiger partial charge in [-0.3, -0.25) is 4.79 Å². The molecule has 0 aliphatic rings. The lowest BCUT2D eigenvalue weighted by Gasteiger charge is -2.11. The third-order valence-electron chi connectivity index (χ3n) is 3.05. The van der Waals surface area contributed by atoms with Gasteiger partial charge in [-0.25, -0.2) is 0 Å². The van der Waals surface area contributed by atoms with Crippen LogP contribution in [0.5, 0.6) is 0 Å². The third-order valence-corrected chi connectivity index (χ3v) is 3.87. The minimum absolute atomic E-state index is 0.189. The van der Waals surface area contributed by atoms with E-state index in [1.807, 2.05) is 26.0 Å². The van der Waals surface area contributed by atoms with Gasteiger partial charge in [-0.1, -0.05) is 41.4 Å². The van der Waals surface area contributed by atoms with E-state index in [1.165, 1.54) is 0 Å². The van der Waals surface area contributed by atoms with Crippen molar-refractivity contribution in [3.63, 3.8) is 0 Å². The van der Waals surface area contributed by atoms with Crippen LogP contribution in [0.3, 0.4) is 0 Å². The average Bonchev–Trinajstić information content (AvgIpc) is 2.38. The fraction of sp³-hybridized carbons (Fsp3) is 0.133. The summed E-state index contributed by atoms with van der Waals surface area (Å²) >= 11 is 12.0. The quantitative estimate of drug-likeness (QED) is 0.841. The molecule has 0 aliphatic heterocycles. The first-order chi connectivity index (χ1) is 9.00. The van der Waals surface area contributed by atoms with Crippen molar-refractivity contribution >= 4 is 34.8 Å². The summed E-state index contributed by atoms with van der Waals surface area (Å²) in [6.07, 6.45) is 0. The van der Waals surface area contributed by atoms with Crippen LogP contribution < -0.4 is 5.32 Å². The van der Waals surface area contributed by atoms with Crippen LogP contribution in [-0.2, 0) is 0 Å². The van der Waals surface area contributed by atoms with Crippen LogP contribution in [0, 0.1) is 13.8 Å². The summed E-state index contributed by atoms with van der Waals surface area (Å²) in [5.41, 5.74) is 3.18. The molecule has 0 aromatic heterocycles. The number of rotatable bonds is 2. The van der Waals surface area contributed by atoms with E-state index in [2.05, 4.69) is 5.32 Å². The van der Waals surface area contributed by atoms with E-state index in [1.54, 1.807) is 24.3 Å². The van der Waals surface area contributed by atoms with Gasteiger partial charge in [0, 0.05) is 5.56 Å². The van der Waals surface area contributed by atoms with Crippen LogP contribution in [0.1, 0.15) is 21.5 Å². The van der Waals surface area contributed by atoms with Crippen molar-refractivity contribution in [1.29, 1.82) is 0 Å². The monoisotopic (exact) mass is 293 g/mol. The van der Waals surface area contributed by atoms with E-state index in [9.17, 15) is 4.79 Å². The van der Waals surface area contributed by atoms with Gasteiger partial charge in [-0.15, -0.1) is 0 Å². The second-order valence-electron chi connectivity index (χ2n) is 4.30. The lowest BCUT2D eigenvalue weighted by Crippen LogP contribution is -2.14. The zero-order valence-corrected chi connectivity index (χ0v) is 12.1. The number of aryl methyl sites for hydroxylation is 1. The summed E-state index contributed by atoms with van der Waals surface area (Å²) in [5, 5.41) is 3.55. The van der Waals surface area contributed by atoms with Gasteiger partial charge in [-0.05, 0) is 43.2 Å². The van der Waals surface area contributed by atoms with Gasteiger partial charge in [0.05, 0.1) is 15.7 Å². The Kier molecular flexibility index (Phi) is 4.13. The molecule has 0 atom stereocenters. The maximum Gasteiger partial charge on any atom is 0.255 e. The molecule has 98 valence electrons. The molecule has 0 bridgehead atoms. The van der Waals surface area contributed by atoms with Gasteiger partial charge < -0.3 is 5.32 Å². The Bertz CT molecular complexity index is 638. The highest BCUT2D eigenvalue weighted by atomic mass is 35.5. The van der Waals surface area contributed by atoms with Crippen molar-refractivity contribution in [2.24, 2.45) is 0 Å². The molecule has 0 heterocycles. The van der Waals surface area contributed by atoms with E-state index < -0.39 is 0 Å². The number of amides is 1. The van der Waals surface area contributed by atoms with E-state index in [0.717, 1.165) is 11.1 Å². The fourth-order valence-corrected chi connectivity index (χ4v) is 2.13. The summed E-state index contributed by atoms with van der Waals surface area (Å²) in [5.74, 6) is -0.189. The molecule has 19 heavy (non-hydrogen) atoms. The summed E-state index contributed by atoms with van der Waals surface area (Å²) < 4.78 is 0. The van der Waals surface area contributed by atoms with Gasteiger partial charge in [0.25, 0.3) is 5.91 Å². The largest absolute Gasteiger partial charge is 0.321 e. The van der Waals surface area contributed by atoms with Crippen molar-refractivity contribution in [2.75, 3.05) is 5.32 Å². The van der Waals surface area contributed by atoms with E-state index in [0.29, 0.717) is 21.3 Å². The molecule has 2 rings (SSSR count). The molecule has 1 N–H and O–H groups in total. The van der Waals surface area contributed by atoms with Crippen molar-refractivity contribution < 1.29 is 4.79 Å². The molecule has 1 amide bonds. The lowest BCUT2D eigenvalue weighted by molar-refractivity contribution is 0.102. The number of halogens is 2. The first kappa shape index (κ1) is 13.9. The molecule has 0 saturated heterocycles. The first-order valence-corrected chi connectivity index (χ1v) is 6.58. The predicted octanol–water partition coefficient (Wildman–Crippen LogP) is 4.86. The molecular formula is C15H13Cl2NO. The van der Waals surface area contributed by atoms with Gasteiger partial charge in [0.15, 0.2) is 0 Å². The number of anilines is 1. The fourth-order valence-electron chi connectivity index (χ4n) is 1.79. The second-order valence-corrected chi connectivity index (χ2v) is 5.09. The van der Waals surface area contributed by atoms with E-state index in [4.69, 9.17) is 23.2 Å². The van der Waals surface area contributed by atoms with Gasteiger partial charge in [-0.2, -0.15) is 0 Å². The van der Waals surface area contributed by atoms with Gasteiger partial charge >= 0.3 is 0 Å². The number of nitrogens with one attached hydrogen (secondary N) is 1. The van der Waals surface area contributed by atoms with E-state index in [-0.39, 0.29) is 5.91 Å². The van der Waals surface area contributed by atoms with Crippen LogP contribution in [0.4, 0.5) is 5.69 Å². The average molecular weight is 294 g/mol. The molecule has 2 aromatic rings. The summed E-state index contributed by atoms with van der Waals surface area (Å²) in [6.45, 7) is 3.89. The molecular weight excluding hydrogens is 281 g/mol. The molecule has 4 heteroatoms. The first-order valence-electron chi connectivity index (χ1n) is 5.82. The highest BCUT2D eigenvalue weighted by molar-refractivity contribution is 6.44. The van der Waals surface area contributed by atoms with Crippen LogP contribution >= 0.6 is 23.2 Å². The maximum absolute atomic E-state index is 12.2. The normalized spacial score (nSPS) is 10.3. The molecule has 0 aliphatic carbocycles. The second kappa shape index (κ2) is 5.64. The van der Waals surface area contributed by atoms with Gasteiger partial charge in [0.1, 0.15) is 0 Å². The molecule has 0 saturated carbocycles.